The smallest absolute Gasteiger partial charge is 0.475 e. The van der Waals surface area contributed by atoms with E-state index >= 15 is 0 Å². The van der Waals surface area contributed by atoms with Gasteiger partial charge in [-0.05, 0) is 31.7 Å². The second kappa shape index (κ2) is 15.5. The monoisotopic (exact) mass is 540 g/mol. The van der Waals surface area contributed by atoms with E-state index in [1.807, 2.05) is 0 Å². The molecule has 1 aliphatic heterocycles. The molecule has 212 valence electrons. The number of carboxylic acid groups (broad SMARTS) is 1. The van der Waals surface area contributed by atoms with Crippen molar-refractivity contribution in [1.29, 1.82) is 0 Å². The molecule has 1 aromatic carbocycles. The highest BCUT2D eigenvalue weighted by molar-refractivity contribution is 5.81. The van der Waals surface area contributed by atoms with Crippen LogP contribution in [-0.2, 0) is 16.0 Å². The maximum atomic E-state index is 12.1. The zero-order chi connectivity index (χ0) is 28.1. The topological polar surface area (TPSA) is 123 Å². The SMILES string of the molecule is CCCCCCCCCCc1ccc(-c2noc([C@@H]3CCN(C(=O)C(C)N)C3)n2)cc1.O=C(O)C(F)(F)F. The molecular formula is C27H39F3N4O4. The first-order valence-electron chi connectivity index (χ1n) is 13.3. The number of rotatable bonds is 12. The number of benzene rings is 1. The number of hydrogen-bond donors (Lipinski definition) is 2. The van der Waals surface area contributed by atoms with Gasteiger partial charge in [-0.2, -0.15) is 18.2 Å². The minimum Gasteiger partial charge on any atom is -0.475 e. The van der Waals surface area contributed by atoms with Crippen LogP contribution < -0.4 is 5.73 Å². The van der Waals surface area contributed by atoms with Crippen molar-refractivity contribution in [3.05, 3.63) is 35.7 Å². The van der Waals surface area contributed by atoms with Gasteiger partial charge >= 0.3 is 12.1 Å². The zero-order valence-corrected chi connectivity index (χ0v) is 22.2. The average Bonchev–Trinajstić information content (AvgIpc) is 3.55. The summed E-state index contributed by atoms with van der Waals surface area (Å²) in [5.41, 5.74) is 8.05. The third-order valence-electron chi connectivity index (χ3n) is 6.45. The number of aromatic nitrogens is 2. The summed E-state index contributed by atoms with van der Waals surface area (Å²) < 4.78 is 37.3. The predicted molar refractivity (Wildman–Crippen MR) is 137 cm³/mol. The van der Waals surface area contributed by atoms with E-state index in [-0.39, 0.29) is 11.8 Å². The van der Waals surface area contributed by atoms with Gasteiger partial charge in [0.05, 0.1) is 12.0 Å². The lowest BCUT2D eigenvalue weighted by molar-refractivity contribution is -0.192. The number of unbranched alkanes of at least 4 members (excludes halogenated alkanes) is 7. The third kappa shape index (κ3) is 10.4. The number of likely N-dealkylation sites (tertiary alicyclic amines) is 1. The van der Waals surface area contributed by atoms with Crippen molar-refractivity contribution in [2.24, 2.45) is 5.73 Å². The summed E-state index contributed by atoms with van der Waals surface area (Å²) in [5.74, 6) is -1.46. The molecule has 0 spiro atoms. The second-order valence-corrected chi connectivity index (χ2v) is 9.74. The van der Waals surface area contributed by atoms with E-state index < -0.39 is 18.2 Å². The average molecular weight is 541 g/mol. The number of halogens is 3. The number of alkyl halides is 3. The van der Waals surface area contributed by atoms with Crippen LogP contribution in [0.15, 0.2) is 28.8 Å². The van der Waals surface area contributed by atoms with Crippen molar-refractivity contribution in [3.8, 4) is 11.4 Å². The summed E-state index contributed by atoms with van der Waals surface area (Å²) in [4.78, 5) is 27.4. The van der Waals surface area contributed by atoms with Crippen LogP contribution in [0, 0.1) is 0 Å². The molecule has 1 aromatic heterocycles. The number of nitrogens with two attached hydrogens (primary N) is 1. The minimum atomic E-state index is -5.08. The van der Waals surface area contributed by atoms with E-state index in [0.717, 1.165) is 18.4 Å². The lowest BCUT2D eigenvalue weighted by Gasteiger charge is -2.17. The fraction of sp³-hybridized carbons (Fsp3) is 0.630. The van der Waals surface area contributed by atoms with E-state index in [2.05, 4.69) is 41.3 Å². The van der Waals surface area contributed by atoms with Crippen LogP contribution >= 0.6 is 0 Å². The predicted octanol–water partition coefficient (Wildman–Crippen LogP) is 5.72. The highest BCUT2D eigenvalue weighted by Gasteiger charge is 2.38. The fourth-order valence-electron chi connectivity index (χ4n) is 4.25. The van der Waals surface area contributed by atoms with E-state index in [0.29, 0.717) is 24.8 Å². The summed E-state index contributed by atoms with van der Waals surface area (Å²) in [5, 5.41) is 11.3. The Morgan fingerprint density at radius 1 is 1.11 bits per heavy atom. The Balaban J connectivity index is 0.000000638. The Morgan fingerprint density at radius 2 is 1.68 bits per heavy atom. The maximum Gasteiger partial charge on any atom is 0.490 e. The molecule has 1 unspecified atom stereocenters. The lowest BCUT2D eigenvalue weighted by Crippen LogP contribution is -2.40. The number of aliphatic carboxylic acids is 1. The zero-order valence-electron chi connectivity index (χ0n) is 22.2. The molecule has 1 aliphatic rings. The Morgan fingerprint density at radius 3 is 2.24 bits per heavy atom. The quantitative estimate of drug-likeness (QED) is 0.330. The first-order chi connectivity index (χ1) is 18.0. The Kier molecular flexibility index (Phi) is 12.7. The molecule has 3 rings (SSSR count). The summed E-state index contributed by atoms with van der Waals surface area (Å²) in [6, 6.07) is 8.03. The van der Waals surface area contributed by atoms with Crippen LogP contribution in [0.1, 0.15) is 89.0 Å². The van der Waals surface area contributed by atoms with Gasteiger partial charge in [0.1, 0.15) is 0 Å². The summed E-state index contributed by atoms with van der Waals surface area (Å²) in [6.45, 7) is 5.27. The molecule has 2 atom stereocenters. The molecule has 1 saturated heterocycles. The number of hydrogen-bond acceptors (Lipinski definition) is 6. The van der Waals surface area contributed by atoms with Crippen LogP contribution in [0.5, 0.6) is 0 Å². The Bertz CT molecular complexity index is 993. The highest BCUT2D eigenvalue weighted by atomic mass is 19.4. The molecule has 8 nitrogen and oxygen atoms in total. The van der Waals surface area contributed by atoms with Gasteiger partial charge in [0.15, 0.2) is 0 Å². The maximum absolute atomic E-state index is 12.1. The number of carbonyl (C=O) groups excluding carboxylic acids is 1. The van der Waals surface area contributed by atoms with Crippen LogP contribution in [0.3, 0.4) is 0 Å². The molecule has 38 heavy (non-hydrogen) atoms. The van der Waals surface area contributed by atoms with Crippen molar-refractivity contribution >= 4 is 11.9 Å². The first kappa shape index (κ1) is 31.3. The molecule has 0 radical (unpaired) electrons. The van der Waals surface area contributed by atoms with E-state index in [9.17, 15) is 18.0 Å². The molecule has 2 heterocycles. The third-order valence-corrected chi connectivity index (χ3v) is 6.45. The van der Waals surface area contributed by atoms with E-state index in [1.54, 1.807) is 11.8 Å². The van der Waals surface area contributed by atoms with Crippen molar-refractivity contribution in [1.82, 2.24) is 15.0 Å². The number of aryl methyl sites for hydroxylation is 1. The van der Waals surface area contributed by atoms with E-state index in [4.69, 9.17) is 20.2 Å². The largest absolute Gasteiger partial charge is 0.490 e. The fourth-order valence-corrected chi connectivity index (χ4v) is 4.25. The molecule has 2 aromatic rings. The standard InChI is InChI=1S/C25H38N4O2.C2HF3O2/c1-3-4-5-6-7-8-9-10-11-20-12-14-21(15-13-20)23-27-24(31-28-23)22-16-17-29(18-22)25(30)19(2)26;3-2(4,5)1(6)7/h12-15,19,22H,3-11,16-18,26H2,1-2H3;(H,6,7)/t19?,22-;/m1./s1. The van der Waals surface area contributed by atoms with Crippen molar-refractivity contribution in [2.45, 2.75) is 96.2 Å². The molecule has 0 saturated carbocycles. The molecule has 1 fully saturated rings. The van der Waals surface area contributed by atoms with Gasteiger partial charge in [0, 0.05) is 18.7 Å². The van der Waals surface area contributed by atoms with Crippen molar-refractivity contribution < 1.29 is 32.4 Å². The van der Waals surface area contributed by atoms with Gasteiger partial charge in [-0.15, -0.1) is 0 Å². The van der Waals surface area contributed by atoms with Crippen LogP contribution in [0.2, 0.25) is 0 Å². The molecule has 3 N–H and O–H groups in total. The van der Waals surface area contributed by atoms with Crippen LogP contribution in [-0.4, -0.2) is 57.3 Å². The Hall–Kier alpha value is -2.95. The van der Waals surface area contributed by atoms with Crippen molar-refractivity contribution in [2.75, 3.05) is 13.1 Å². The van der Waals surface area contributed by atoms with Crippen LogP contribution in [0.25, 0.3) is 11.4 Å². The second-order valence-electron chi connectivity index (χ2n) is 9.74. The number of carboxylic acids is 1. The summed E-state index contributed by atoms with van der Waals surface area (Å²) in [6.07, 6.45) is 7.62. The lowest BCUT2D eigenvalue weighted by atomic mass is 10.0. The number of amides is 1. The summed E-state index contributed by atoms with van der Waals surface area (Å²) >= 11 is 0. The van der Waals surface area contributed by atoms with Gasteiger partial charge in [-0.1, -0.05) is 81.3 Å². The first-order valence-corrected chi connectivity index (χ1v) is 13.3. The molecule has 0 bridgehead atoms. The normalized spacial score (nSPS) is 16.2. The molecule has 1 amide bonds. The number of carbonyl (C=O) groups is 2. The van der Waals surface area contributed by atoms with Gasteiger partial charge in [-0.3, -0.25) is 4.79 Å². The van der Waals surface area contributed by atoms with Gasteiger partial charge in [-0.25, -0.2) is 4.79 Å². The molecule has 0 aliphatic carbocycles. The van der Waals surface area contributed by atoms with Gasteiger partial charge in [0.25, 0.3) is 0 Å². The van der Waals surface area contributed by atoms with E-state index in [1.165, 1.54) is 56.9 Å². The molecule has 11 heteroatoms. The minimum absolute atomic E-state index is 0.0191. The van der Waals surface area contributed by atoms with Crippen LogP contribution in [0.4, 0.5) is 13.2 Å². The van der Waals surface area contributed by atoms with Gasteiger partial charge in [0.2, 0.25) is 17.6 Å². The Labute approximate surface area is 221 Å². The van der Waals surface area contributed by atoms with Gasteiger partial charge < -0.3 is 20.3 Å². The summed E-state index contributed by atoms with van der Waals surface area (Å²) in [7, 11) is 0. The number of nitrogens with zero attached hydrogens (tertiary/aromatic N) is 3. The highest BCUT2D eigenvalue weighted by Crippen LogP contribution is 2.28. The molecular weight excluding hydrogens is 501 g/mol. The van der Waals surface area contributed by atoms with Crippen molar-refractivity contribution in [3.63, 3.8) is 0 Å².